The van der Waals surface area contributed by atoms with E-state index in [4.69, 9.17) is 14.6 Å². The molecule has 2 aromatic carbocycles. The van der Waals surface area contributed by atoms with Gasteiger partial charge < -0.3 is 14.6 Å². The summed E-state index contributed by atoms with van der Waals surface area (Å²) in [6.45, 7) is 2.29. The van der Waals surface area contributed by atoms with Crippen molar-refractivity contribution in [2.75, 3.05) is 18.1 Å². The van der Waals surface area contributed by atoms with Gasteiger partial charge in [0.25, 0.3) is 11.1 Å². The molecule has 0 saturated carbocycles. The van der Waals surface area contributed by atoms with Crippen molar-refractivity contribution in [2.45, 2.75) is 13.3 Å². The van der Waals surface area contributed by atoms with Crippen LogP contribution in [0.4, 0.5) is 10.5 Å². The highest BCUT2D eigenvalue weighted by Gasteiger charge is 2.37. The zero-order valence-electron chi connectivity index (χ0n) is 15.7. The van der Waals surface area contributed by atoms with E-state index in [-0.39, 0.29) is 17.9 Å². The number of carbonyl (C=O) groups is 3. The minimum Gasteiger partial charge on any atom is -0.493 e. The molecule has 0 spiro atoms. The third kappa shape index (κ3) is 4.97. The van der Waals surface area contributed by atoms with Gasteiger partial charge in [0.05, 0.1) is 30.2 Å². The zero-order chi connectivity index (χ0) is 20.8. The second-order valence-corrected chi connectivity index (χ2v) is 6.98. The summed E-state index contributed by atoms with van der Waals surface area (Å²) < 4.78 is 10.9. The van der Waals surface area contributed by atoms with Gasteiger partial charge >= 0.3 is 5.97 Å². The average Bonchev–Trinajstić information content (AvgIpc) is 2.96. The van der Waals surface area contributed by atoms with Crippen LogP contribution >= 0.6 is 11.8 Å². The van der Waals surface area contributed by atoms with Gasteiger partial charge in [-0.05, 0) is 54.6 Å². The highest BCUT2D eigenvalue weighted by Crippen LogP contribution is 2.39. The molecule has 2 aromatic rings. The Bertz CT molecular complexity index is 971. The number of para-hydroxylation sites is 2. The standard InChI is InChI=1S/C21H19NO6S/c1-2-27-17-9-4-3-8-16(17)22-20(25)18(29-21(22)26)13-14-6-5-7-15(12-14)28-11-10-19(23)24/h3-9,12-13H,2,10-11H2,1H3,(H,23,24)/b18-13+. The summed E-state index contributed by atoms with van der Waals surface area (Å²) in [5, 5.41) is 8.29. The predicted octanol–water partition coefficient (Wildman–Crippen LogP) is 4.18. The number of carbonyl (C=O) groups excluding carboxylic acids is 2. The molecular formula is C21H19NO6S. The maximum Gasteiger partial charge on any atom is 0.306 e. The molecule has 7 nitrogen and oxygen atoms in total. The monoisotopic (exact) mass is 413 g/mol. The molecule has 1 N–H and O–H groups in total. The van der Waals surface area contributed by atoms with Crippen LogP contribution in [0.15, 0.2) is 53.4 Å². The number of carboxylic acids is 1. The van der Waals surface area contributed by atoms with E-state index in [2.05, 4.69) is 0 Å². The Balaban J connectivity index is 1.81. The minimum absolute atomic E-state index is 0.0452. The van der Waals surface area contributed by atoms with Gasteiger partial charge in [0.2, 0.25) is 0 Å². The van der Waals surface area contributed by atoms with Crippen molar-refractivity contribution < 1.29 is 29.0 Å². The summed E-state index contributed by atoms with van der Waals surface area (Å²) in [5.74, 6) is -0.417. The Morgan fingerprint density at radius 2 is 1.93 bits per heavy atom. The van der Waals surface area contributed by atoms with E-state index >= 15 is 0 Å². The van der Waals surface area contributed by atoms with Crippen LogP contribution in [0.1, 0.15) is 18.9 Å². The molecule has 8 heteroatoms. The molecule has 2 amide bonds. The molecule has 0 atom stereocenters. The number of amides is 2. The van der Waals surface area contributed by atoms with Crippen LogP contribution < -0.4 is 14.4 Å². The number of rotatable bonds is 8. The number of hydrogen-bond donors (Lipinski definition) is 1. The number of nitrogens with zero attached hydrogens (tertiary/aromatic N) is 1. The summed E-state index contributed by atoms with van der Waals surface area (Å²) >= 11 is 0.850. The van der Waals surface area contributed by atoms with Crippen LogP contribution in [0.25, 0.3) is 6.08 Å². The molecule has 1 fully saturated rings. The Labute approximate surface area is 171 Å². The fourth-order valence-electron chi connectivity index (χ4n) is 2.70. The largest absolute Gasteiger partial charge is 0.493 e. The lowest BCUT2D eigenvalue weighted by Gasteiger charge is -2.16. The lowest BCUT2D eigenvalue weighted by Crippen LogP contribution is -2.28. The van der Waals surface area contributed by atoms with Crippen LogP contribution in [0.3, 0.4) is 0 Å². The van der Waals surface area contributed by atoms with Crippen LogP contribution in [-0.2, 0) is 9.59 Å². The molecule has 29 heavy (non-hydrogen) atoms. The molecule has 1 aliphatic heterocycles. The number of benzene rings is 2. The summed E-state index contributed by atoms with van der Waals surface area (Å²) in [4.78, 5) is 37.4. The number of carboxylic acid groups (broad SMARTS) is 1. The van der Waals surface area contributed by atoms with E-state index in [1.54, 1.807) is 54.6 Å². The van der Waals surface area contributed by atoms with E-state index < -0.39 is 17.1 Å². The molecule has 3 rings (SSSR count). The lowest BCUT2D eigenvalue weighted by molar-refractivity contribution is -0.137. The van der Waals surface area contributed by atoms with E-state index in [1.165, 1.54) is 0 Å². The number of thioether (sulfide) groups is 1. The van der Waals surface area contributed by atoms with Gasteiger partial charge in [-0.25, -0.2) is 4.90 Å². The Morgan fingerprint density at radius 1 is 1.14 bits per heavy atom. The molecule has 1 saturated heterocycles. The maximum atomic E-state index is 12.9. The van der Waals surface area contributed by atoms with Crippen LogP contribution in [-0.4, -0.2) is 35.4 Å². The molecule has 0 aromatic heterocycles. The van der Waals surface area contributed by atoms with Gasteiger partial charge in [-0.15, -0.1) is 0 Å². The van der Waals surface area contributed by atoms with Gasteiger partial charge in [0.1, 0.15) is 11.5 Å². The van der Waals surface area contributed by atoms with Crippen molar-refractivity contribution in [3.8, 4) is 11.5 Å². The molecule has 1 aliphatic rings. The van der Waals surface area contributed by atoms with Gasteiger partial charge in [0, 0.05) is 0 Å². The van der Waals surface area contributed by atoms with Crippen molar-refractivity contribution in [1.29, 1.82) is 0 Å². The van der Waals surface area contributed by atoms with E-state index in [0.29, 0.717) is 29.4 Å². The first-order chi connectivity index (χ1) is 14.0. The first-order valence-electron chi connectivity index (χ1n) is 8.94. The van der Waals surface area contributed by atoms with Gasteiger partial charge in [-0.1, -0.05) is 24.3 Å². The highest BCUT2D eigenvalue weighted by molar-refractivity contribution is 8.19. The summed E-state index contributed by atoms with van der Waals surface area (Å²) in [6.07, 6.45) is 1.50. The number of anilines is 1. The van der Waals surface area contributed by atoms with Crippen molar-refractivity contribution in [1.82, 2.24) is 0 Å². The SMILES string of the molecule is CCOc1ccccc1N1C(=O)S/C(=C/c2cccc(OCCC(=O)O)c2)C1=O. The number of ether oxygens (including phenoxy) is 2. The fraction of sp³-hybridized carbons (Fsp3) is 0.190. The van der Waals surface area contributed by atoms with Crippen molar-refractivity contribution >= 4 is 40.6 Å². The molecule has 0 unspecified atom stereocenters. The Hall–Kier alpha value is -3.26. The van der Waals surface area contributed by atoms with E-state index in [9.17, 15) is 14.4 Å². The Morgan fingerprint density at radius 3 is 2.69 bits per heavy atom. The van der Waals surface area contributed by atoms with Gasteiger partial charge in [-0.2, -0.15) is 0 Å². The van der Waals surface area contributed by atoms with Crippen LogP contribution in [0.5, 0.6) is 11.5 Å². The Kier molecular flexibility index (Phi) is 6.56. The van der Waals surface area contributed by atoms with Crippen LogP contribution in [0, 0.1) is 0 Å². The smallest absolute Gasteiger partial charge is 0.306 e. The molecular weight excluding hydrogens is 394 g/mol. The summed E-state index contributed by atoms with van der Waals surface area (Å²) in [6, 6.07) is 13.8. The maximum absolute atomic E-state index is 12.9. The molecule has 0 aliphatic carbocycles. The fourth-order valence-corrected chi connectivity index (χ4v) is 3.53. The second kappa shape index (κ2) is 9.29. The number of hydrogen-bond acceptors (Lipinski definition) is 6. The number of aliphatic carboxylic acids is 1. The molecule has 150 valence electrons. The average molecular weight is 413 g/mol. The third-order valence-electron chi connectivity index (χ3n) is 3.94. The summed E-state index contributed by atoms with van der Waals surface area (Å²) in [7, 11) is 0. The quantitative estimate of drug-likeness (QED) is 0.649. The highest BCUT2D eigenvalue weighted by atomic mass is 32.2. The normalized spacial score (nSPS) is 15.1. The molecule has 1 heterocycles. The minimum atomic E-state index is -0.942. The zero-order valence-corrected chi connectivity index (χ0v) is 16.5. The third-order valence-corrected chi connectivity index (χ3v) is 4.81. The van der Waals surface area contributed by atoms with E-state index in [0.717, 1.165) is 16.7 Å². The number of imide groups is 1. The van der Waals surface area contributed by atoms with Gasteiger partial charge in [-0.3, -0.25) is 14.4 Å². The lowest BCUT2D eigenvalue weighted by atomic mass is 10.2. The molecule has 0 bridgehead atoms. The first-order valence-corrected chi connectivity index (χ1v) is 9.75. The van der Waals surface area contributed by atoms with Crippen molar-refractivity contribution in [2.24, 2.45) is 0 Å². The first kappa shape index (κ1) is 20.5. The van der Waals surface area contributed by atoms with Crippen molar-refractivity contribution in [3.63, 3.8) is 0 Å². The summed E-state index contributed by atoms with van der Waals surface area (Å²) in [5.41, 5.74) is 1.08. The predicted molar refractivity (Wildman–Crippen MR) is 110 cm³/mol. The molecule has 0 radical (unpaired) electrons. The van der Waals surface area contributed by atoms with Crippen LogP contribution in [0.2, 0.25) is 0 Å². The topological polar surface area (TPSA) is 93.1 Å². The van der Waals surface area contributed by atoms with Crippen molar-refractivity contribution in [3.05, 3.63) is 59.0 Å². The second-order valence-electron chi connectivity index (χ2n) is 5.98. The van der Waals surface area contributed by atoms with E-state index in [1.807, 2.05) is 6.92 Å². The van der Waals surface area contributed by atoms with Gasteiger partial charge in [0.15, 0.2) is 0 Å².